The fourth-order valence-corrected chi connectivity index (χ4v) is 1.67. The first-order valence-electron chi connectivity index (χ1n) is 4.58. The quantitative estimate of drug-likeness (QED) is 0.657. The minimum Gasteiger partial charge on any atom is -0.454 e. The molecule has 3 heteroatoms. The third-order valence-corrected chi connectivity index (χ3v) is 2.57. The molecule has 0 spiro atoms. The molecule has 0 aromatic heterocycles. The summed E-state index contributed by atoms with van der Waals surface area (Å²) in [5, 5.41) is 0.630. The summed E-state index contributed by atoms with van der Waals surface area (Å²) in [6.07, 6.45) is 0. The Balaban J connectivity index is 2.52. The fraction of sp³-hybridized carbons (Fsp3) is 0.455. The molecule has 0 saturated carbocycles. The van der Waals surface area contributed by atoms with Gasteiger partial charge in [-0.1, -0.05) is 32.4 Å². The second-order valence-corrected chi connectivity index (χ2v) is 4.85. The van der Waals surface area contributed by atoms with Gasteiger partial charge in [-0.05, 0) is 23.1 Å². The van der Waals surface area contributed by atoms with E-state index in [9.17, 15) is 0 Å². The van der Waals surface area contributed by atoms with Crippen LogP contribution in [0.3, 0.4) is 0 Å². The SMILES string of the molecule is CC(C)(C)c1cc(Cl)c2c(c1)OCO2. The Morgan fingerprint density at radius 1 is 1.21 bits per heavy atom. The molecule has 0 radical (unpaired) electrons. The van der Waals surface area contributed by atoms with Crippen LogP contribution in [0.25, 0.3) is 0 Å². The molecule has 0 unspecified atom stereocenters. The predicted octanol–water partition coefficient (Wildman–Crippen LogP) is 3.37. The standard InChI is InChI=1S/C11H13ClO2/c1-11(2,3)7-4-8(12)10-9(5-7)13-6-14-10/h4-5H,6H2,1-3H3. The smallest absolute Gasteiger partial charge is 0.231 e. The van der Waals surface area contributed by atoms with E-state index in [1.54, 1.807) is 0 Å². The highest BCUT2D eigenvalue weighted by Crippen LogP contribution is 2.42. The van der Waals surface area contributed by atoms with Crippen molar-refractivity contribution in [1.82, 2.24) is 0 Å². The van der Waals surface area contributed by atoms with Gasteiger partial charge < -0.3 is 9.47 Å². The van der Waals surface area contributed by atoms with Gasteiger partial charge in [0, 0.05) is 0 Å². The van der Waals surface area contributed by atoms with Gasteiger partial charge in [-0.25, -0.2) is 0 Å². The summed E-state index contributed by atoms with van der Waals surface area (Å²) in [5.74, 6) is 1.42. The Hall–Kier alpha value is -0.890. The van der Waals surface area contributed by atoms with E-state index in [2.05, 4.69) is 20.8 Å². The van der Waals surface area contributed by atoms with Crippen molar-refractivity contribution in [2.75, 3.05) is 6.79 Å². The normalized spacial score (nSPS) is 14.6. The molecular formula is C11H13ClO2. The molecule has 2 nitrogen and oxygen atoms in total. The molecule has 1 aromatic rings. The molecule has 1 heterocycles. The average molecular weight is 213 g/mol. The average Bonchev–Trinajstić information content (AvgIpc) is 2.50. The molecule has 76 valence electrons. The maximum absolute atomic E-state index is 6.08. The summed E-state index contributed by atoms with van der Waals surface area (Å²) >= 11 is 6.08. The molecule has 0 saturated heterocycles. The van der Waals surface area contributed by atoms with Gasteiger partial charge in [0.25, 0.3) is 0 Å². The highest BCUT2D eigenvalue weighted by molar-refractivity contribution is 6.32. The van der Waals surface area contributed by atoms with Crippen LogP contribution in [0.15, 0.2) is 12.1 Å². The lowest BCUT2D eigenvalue weighted by Gasteiger charge is -2.19. The zero-order valence-electron chi connectivity index (χ0n) is 8.56. The molecule has 0 amide bonds. The van der Waals surface area contributed by atoms with Crippen molar-refractivity contribution in [3.05, 3.63) is 22.7 Å². The van der Waals surface area contributed by atoms with Crippen molar-refractivity contribution in [1.29, 1.82) is 0 Å². The number of rotatable bonds is 0. The molecule has 0 aliphatic carbocycles. The molecule has 0 fully saturated rings. The first-order valence-corrected chi connectivity index (χ1v) is 4.96. The molecule has 1 aliphatic heterocycles. The van der Waals surface area contributed by atoms with Gasteiger partial charge >= 0.3 is 0 Å². The van der Waals surface area contributed by atoms with Crippen LogP contribution >= 0.6 is 11.6 Å². The largest absolute Gasteiger partial charge is 0.454 e. The van der Waals surface area contributed by atoms with E-state index in [1.165, 1.54) is 0 Å². The number of hydrogen-bond donors (Lipinski definition) is 0. The van der Waals surface area contributed by atoms with Crippen LogP contribution in [0.5, 0.6) is 11.5 Å². The summed E-state index contributed by atoms with van der Waals surface area (Å²) in [5.41, 5.74) is 1.23. The van der Waals surface area contributed by atoms with Gasteiger partial charge in [-0.15, -0.1) is 0 Å². The first kappa shape index (κ1) is 9.66. The Labute approximate surface area is 88.8 Å². The summed E-state index contributed by atoms with van der Waals surface area (Å²) in [6.45, 7) is 6.69. The van der Waals surface area contributed by atoms with Crippen LogP contribution in [0, 0.1) is 0 Å². The lowest BCUT2D eigenvalue weighted by molar-refractivity contribution is 0.174. The van der Waals surface area contributed by atoms with Gasteiger partial charge in [0.15, 0.2) is 11.5 Å². The van der Waals surface area contributed by atoms with Crippen LogP contribution in [0.4, 0.5) is 0 Å². The van der Waals surface area contributed by atoms with Gasteiger partial charge in [-0.3, -0.25) is 0 Å². The number of fused-ring (bicyclic) bond motifs is 1. The summed E-state index contributed by atoms with van der Waals surface area (Å²) in [7, 11) is 0. The van der Waals surface area contributed by atoms with E-state index in [4.69, 9.17) is 21.1 Å². The Morgan fingerprint density at radius 2 is 1.93 bits per heavy atom. The zero-order chi connectivity index (χ0) is 10.3. The number of halogens is 1. The third kappa shape index (κ3) is 1.55. The maximum Gasteiger partial charge on any atom is 0.231 e. The number of hydrogen-bond acceptors (Lipinski definition) is 2. The molecule has 1 aromatic carbocycles. The third-order valence-electron chi connectivity index (χ3n) is 2.29. The van der Waals surface area contributed by atoms with Crippen molar-refractivity contribution in [2.24, 2.45) is 0 Å². The molecule has 0 N–H and O–H groups in total. The fourth-order valence-electron chi connectivity index (χ4n) is 1.40. The second kappa shape index (κ2) is 3.06. The van der Waals surface area contributed by atoms with E-state index >= 15 is 0 Å². The number of ether oxygens (including phenoxy) is 2. The zero-order valence-corrected chi connectivity index (χ0v) is 9.31. The van der Waals surface area contributed by atoms with Crippen molar-refractivity contribution in [2.45, 2.75) is 26.2 Å². The minimum absolute atomic E-state index is 0.0740. The molecule has 1 aliphatic rings. The van der Waals surface area contributed by atoms with Crippen LogP contribution in [0.2, 0.25) is 5.02 Å². The molecule has 2 rings (SSSR count). The maximum atomic E-state index is 6.08. The lowest BCUT2D eigenvalue weighted by Crippen LogP contribution is -2.10. The predicted molar refractivity (Wildman–Crippen MR) is 56.3 cm³/mol. The topological polar surface area (TPSA) is 18.5 Å². The lowest BCUT2D eigenvalue weighted by atomic mass is 9.87. The van der Waals surface area contributed by atoms with Gasteiger partial charge in [0.05, 0.1) is 5.02 Å². The molecule has 14 heavy (non-hydrogen) atoms. The summed E-state index contributed by atoms with van der Waals surface area (Å²) in [4.78, 5) is 0. The van der Waals surface area contributed by atoms with Gasteiger partial charge in [0.2, 0.25) is 6.79 Å². The second-order valence-electron chi connectivity index (χ2n) is 4.44. The molecule has 0 bridgehead atoms. The molecular weight excluding hydrogens is 200 g/mol. The van der Waals surface area contributed by atoms with E-state index in [-0.39, 0.29) is 12.2 Å². The van der Waals surface area contributed by atoms with Gasteiger partial charge in [-0.2, -0.15) is 0 Å². The van der Waals surface area contributed by atoms with Crippen molar-refractivity contribution >= 4 is 11.6 Å². The highest BCUT2D eigenvalue weighted by Gasteiger charge is 2.22. The minimum atomic E-state index is 0.0740. The highest BCUT2D eigenvalue weighted by atomic mass is 35.5. The Morgan fingerprint density at radius 3 is 2.57 bits per heavy atom. The van der Waals surface area contributed by atoms with E-state index < -0.39 is 0 Å². The van der Waals surface area contributed by atoms with E-state index in [1.807, 2.05) is 12.1 Å². The van der Waals surface area contributed by atoms with Crippen LogP contribution in [-0.2, 0) is 5.41 Å². The Kier molecular flexibility index (Phi) is 2.11. The molecule has 0 atom stereocenters. The first-order chi connectivity index (χ1) is 6.48. The van der Waals surface area contributed by atoms with Crippen LogP contribution < -0.4 is 9.47 Å². The van der Waals surface area contributed by atoms with Crippen LogP contribution in [0.1, 0.15) is 26.3 Å². The number of benzene rings is 1. The van der Waals surface area contributed by atoms with Crippen molar-refractivity contribution < 1.29 is 9.47 Å². The van der Waals surface area contributed by atoms with E-state index in [0.717, 1.165) is 11.3 Å². The van der Waals surface area contributed by atoms with Crippen molar-refractivity contribution in [3.63, 3.8) is 0 Å². The summed E-state index contributed by atoms with van der Waals surface area (Å²) < 4.78 is 10.6. The van der Waals surface area contributed by atoms with Gasteiger partial charge in [0.1, 0.15) is 0 Å². The van der Waals surface area contributed by atoms with Crippen LogP contribution in [-0.4, -0.2) is 6.79 Å². The monoisotopic (exact) mass is 212 g/mol. The summed E-state index contributed by atoms with van der Waals surface area (Å²) in [6, 6.07) is 3.93. The Bertz CT molecular complexity index is 366. The van der Waals surface area contributed by atoms with Crippen molar-refractivity contribution in [3.8, 4) is 11.5 Å². The van der Waals surface area contributed by atoms with E-state index in [0.29, 0.717) is 10.8 Å².